The summed E-state index contributed by atoms with van der Waals surface area (Å²) in [7, 11) is 0. The van der Waals surface area contributed by atoms with E-state index < -0.39 is 5.82 Å². The third-order valence-corrected chi connectivity index (χ3v) is 1.48. The fraction of sp³-hybridized carbons (Fsp3) is 0.375. The van der Waals surface area contributed by atoms with Crippen LogP contribution in [0.4, 0.5) is 10.1 Å². The van der Waals surface area contributed by atoms with E-state index in [0.717, 1.165) is 0 Å². The maximum atomic E-state index is 12.7. The highest BCUT2D eigenvalue weighted by molar-refractivity contribution is 6.29. The molecule has 0 amide bonds. The second-order valence-corrected chi connectivity index (χ2v) is 2.32. The first-order chi connectivity index (χ1) is 5.63. The van der Waals surface area contributed by atoms with E-state index >= 15 is 0 Å². The Morgan fingerprint density at radius 1 is 1.50 bits per heavy atom. The minimum atomic E-state index is -0.637. The summed E-state index contributed by atoms with van der Waals surface area (Å²) in [6.07, 6.45) is 1.43. The van der Waals surface area contributed by atoms with Crippen molar-refractivity contribution in [2.75, 3.05) is 5.73 Å². The number of aromatic nitrogens is 1. The summed E-state index contributed by atoms with van der Waals surface area (Å²) in [6, 6.07) is 0. The number of pyridine rings is 1. The predicted octanol–water partition coefficient (Wildman–Crippen LogP) is 2.79. The maximum absolute atomic E-state index is 12.7. The van der Waals surface area contributed by atoms with Gasteiger partial charge in [-0.05, 0) is 12.5 Å². The van der Waals surface area contributed by atoms with Gasteiger partial charge < -0.3 is 5.73 Å². The zero-order valence-electron chi connectivity index (χ0n) is 7.36. The van der Waals surface area contributed by atoms with E-state index in [-0.39, 0.29) is 10.8 Å². The number of rotatable bonds is 0. The average Bonchev–Trinajstić information content (AvgIpc) is 2.12. The summed E-state index contributed by atoms with van der Waals surface area (Å²) in [5.41, 5.74) is 5.95. The molecule has 1 rings (SSSR count). The Morgan fingerprint density at radius 2 is 2.00 bits per heavy atom. The molecule has 0 atom stereocenters. The van der Waals surface area contributed by atoms with Crippen LogP contribution >= 0.6 is 11.6 Å². The molecule has 4 heteroatoms. The molecule has 68 valence electrons. The van der Waals surface area contributed by atoms with Crippen molar-refractivity contribution in [3.63, 3.8) is 0 Å². The third-order valence-electron chi connectivity index (χ3n) is 1.21. The van der Waals surface area contributed by atoms with Gasteiger partial charge >= 0.3 is 0 Å². The fourth-order valence-electron chi connectivity index (χ4n) is 0.564. The van der Waals surface area contributed by atoms with Crippen LogP contribution < -0.4 is 5.73 Å². The number of anilines is 1. The van der Waals surface area contributed by atoms with Crippen molar-refractivity contribution in [2.45, 2.75) is 20.8 Å². The lowest BCUT2D eigenvalue weighted by Gasteiger charge is -2.00. The van der Waals surface area contributed by atoms with Crippen LogP contribution in [-0.2, 0) is 0 Å². The van der Waals surface area contributed by atoms with E-state index in [1.54, 1.807) is 6.92 Å². The van der Waals surface area contributed by atoms with Crippen LogP contribution in [0.25, 0.3) is 0 Å². The number of nitrogen functional groups attached to an aromatic ring is 1. The zero-order valence-corrected chi connectivity index (χ0v) is 8.11. The molecule has 0 bridgehead atoms. The van der Waals surface area contributed by atoms with Gasteiger partial charge in [-0.15, -0.1) is 0 Å². The molecule has 0 spiro atoms. The number of hydrogen-bond acceptors (Lipinski definition) is 2. The van der Waals surface area contributed by atoms with Gasteiger partial charge in [0.15, 0.2) is 11.0 Å². The van der Waals surface area contributed by atoms with E-state index in [9.17, 15) is 4.39 Å². The van der Waals surface area contributed by atoms with Crippen molar-refractivity contribution < 1.29 is 4.39 Å². The standard InChI is InChI=1S/C6H6ClFN2.C2H6/c1-3-2-10-6(7)4(8)5(3)9;1-2/h2H,1H3,(H2,9,10);1-2H3. The first kappa shape index (κ1) is 11.2. The SMILES string of the molecule is CC.Cc1cnc(Cl)c(F)c1N. The zero-order chi connectivity index (χ0) is 9.72. The number of hydrogen-bond donors (Lipinski definition) is 1. The van der Waals surface area contributed by atoms with Crippen LogP contribution in [0, 0.1) is 12.7 Å². The first-order valence-corrected chi connectivity index (χ1v) is 4.07. The molecule has 0 aliphatic heterocycles. The topological polar surface area (TPSA) is 38.9 Å². The van der Waals surface area contributed by atoms with Crippen LogP contribution in [0.15, 0.2) is 6.20 Å². The Morgan fingerprint density at radius 3 is 2.42 bits per heavy atom. The Hall–Kier alpha value is -0.830. The summed E-state index contributed by atoms with van der Waals surface area (Å²) in [5.74, 6) is -0.637. The van der Waals surface area contributed by atoms with Gasteiger partial charge in [-0.25, -0.2) is 9.37 Å². The van der Waals surface area contributed by atoms with E-state index in [4.69, 9.17) is 17.3 Å². The number of nitrogens with two attached hydrogens (primary N) is 1. The van der Waals surface area contributed by atoms with Crippen molar-refractivity contribution in [1.29, 1.82) is 0 Å². The van der Waals surface area contributed by atoms with Gasteiger partial charge in [-0.1, -0.05) is 25.4 Å². The highest BCUT2D eigenvalue weighted by atomic mass is 35.5. The summed E-state index contributed by atoms with van der Waals surface area (Å²) >= 11 is 5.32. The molecule has 0 radical (unpaired) electrons. The Kier molecular flexibility index (Phi) is 4.59. The van der Waals surface area contributed by atoms with Crippen molar-refractivity contribution in [1.82, 2.24) is 4.98 Å². The maximum Gasteiger partial charge on any atom is 0.183 e. The van der Waals surface area contributed by atoms with Gasteiger partial charge in [0.05, 0.1) is 5.69 Å². The van der Waals surface area contributed by atoms with Gasteiger partial charge in [-0.3, -0.25) is 0 Å². The molecule has 0 fully saturated rings. The van der Waals surface area contributed by atoms with Crippen molar-refractivity contribution in [2.24, 2.45) is 0 Å². The van der Waals surface area contributed by atoms with E-state index in [1.807, 2.05) is 13.8 Å². The molecule has 0 aliphatic rings. The fourth-order valence-corrected chi connectivity index (χ4v) is 0.715. The molecule has 2 N–H and O–H groups in total. The predicted molar refractivity (Wildman–Crippen MR) is 49.7 cm³/mol. The van der Waals surface area contributed by atoms with Crippen molar-refractivity contribution in [3.8, 4) is 0 Å². The molecule has 0 saturated heterocycles. The van der Waals surface area contributed by atoms with Crippen LogP contribution in [-0.4, -0.2) is 4.98 Å². The first-order valence-electron chi connectivity index (χ1n) is 3.69. The summed E-state index contributed by atoms with van der Waals surface area (Å²) in [6.45, 7) is 5.67. The van der Waals surface area contributed by atoms with Gasteiger partial charge in [0.25, 0.3) is 0 Å². The van der Waals surface area contributed by atoms with Crippen LogP contribution in [0.5, 0.6) is 0 Å². The van der Waals surface area contributed by atoms with Crippen molar-refractivity contribution >= 4 is 17.3 Å². The average molecular weight is 191 g/mol. The van der Waals surface area contributed by atoms with Gasteiger partial charge in [0.1, 0.15) is 0 Å². The number of nitrogens with zero attached hydrogens (tertiary/aromatic N) is 1. The Balaban J connectivity index is 0.000000561. The Labute approximate surface area is 76.6 Å². The molecule has 0 unspecified atom stereocenters. The Bertz CT molecular complexity index is 236. The molecular formula is C8H12ClFN2. The molecule has 1 aromatic rings. The lowest BCUT2D eigenvalue weighted by Crippen LogP contribution is -1.96. The summed E-state index contributed by atoms with van der Waals surface area (Å²) in [4.78, 5) is 3.55. The quantitative estimate of drug-likeness (QED) is 0.639. The normalized spacial score (nSPS) is 8.75. The smallest absolute Gasteiger partial charge is 0.183 e. The third kappa shape index (κ3) is 2.34. The highest BCUT2D eigenvalue weighted by Crippen LogP contribution is 2.19. The molecule has 0 saturated carbocycles. The van der Waals surface area contributed by atoms with E-state index in [0.29, 0.717) is 5.56 Å². The monoisotopic (exact) mass is 190 g/mol. The largest absolute Gasteiger partial charge is 0.396 e. The molecule has 12 heavy (non-hydrogen) atoms. The van der Waals surface area contributed by atoms with E-state index in [1.165, 1.54) is 6.20 Å². The number of aryl methyl sites for hydroxylation is 1. The van der Waals surface area contributed by atoms with Crippen LogP contribution in [0.2, 0.25) is 5.15 Å². The second kappa shape index (κ2) is 4.93. The summed E-state index contributed by atoms with van der Waals surface area (Å²) < 4.78 is 12.7. The lowest BCUT2D eigenvalue weighted by atomic mass is 10.3. The number of halogens is 2. The van der Waals surface area contributed by atoms with Gasteiger partial charge in [-0.2, -0.15) is 0 Å². The molecular weight excluding hydrogens is 179 g/mol. The molecule has 0 aromatic carbocycles. The van der Waals surface area contributed by atoms with Crippen LogP contribution in [0.1, 0.15) is 19.4 Å². The molecule has 1 heterocycles. The van der Waals surface area contributed by atoms with Gasteiger partial charge in [0.2, 0.25) is 0 Å². The minimum Gasteiger partial charge on any atom is -0.396 e. The van der Waals surface area contributed by atoms with Crippen LogP contribution in [0.3, 0.4) is 0 Å². The van der Waals surface area contributed by atoms with E-state index in [2.05, 4.69) is 4.98 Å². The van der Waals surface area contributed by atoms with Crippen molar-refractivity contribution in [3.05, 3.63) is 22.7 Å². The molecule has 2 nitrogen and oxygen atoms in total. The second-order valence-electron chi connectivity index (χ2n) is 1.96. The molecule has 1 aromatic heterocycles. The lowest BCUT2D eigenvalue weighted by molar-refractivity contribution is 0.625. The summed E-state index contributed by atoms with van der Waals surface area (Å²) in [5, 5.41) is -0.178. The minimum absolute atomic E-state index is 0.0694. The highest BCUT2D eigenvalue weighted by Gasteiger charge is 2.06. The van der Waals surface area contributed by atoms with Gasteiger partial charge in [0, 0.05) is 6.20 Å². The molecule has 0 aliphatic carbocycles.